The van der Waals surface area contributed by atoms with Gasteiger partial charge >= 0.3 is 5.04 Å². The van der Waals surface area contributed by atoms with Crippen molar-refractivity contribution in [3.8, 4) is 5.75 Å². The van der Waals surface area contributed by atoms with Gasteiger partial charge in [-0.3, -0.25) is 4.18 Å². The van der Waals surface area contributed by atoms with Crippen LogP contribution in [0.25, 0.3) is 10.8 Å². The Labute approximate surface area is 209 Å². The van der Waals surface area contributed by atoms with Crippen LogP contribution in [0.3, 0.4) is 0 Å². The summed E-state index contributed by atoms with van der Waals surface area (Å²) in [6.07, 6.45) is 0. The van der Waals surface area contributed by atoms with E-state index in [2.05, 4.69) is 0 Å². The predicted octanol–water partition coefficient (Wildman–Crippen LogP) is 2.49. The molecule has 0 aliphatic heterocycles. The number of anilines is 1. The van der Waals surface area contributed by atoms with Crippen molar-refractivity contribution in [3.63, 3.8) is 0 Å². The number of hydrogen-bond donors (Lipinski definition) is 2. The van der Waals surface area contributed by atoms with E-state index in [4.69, 9.17) is 20.1 Å². The summed E-state index contributed by atoms with van der Waals surface area (Å²) in [6.45, 7) is 1.50. The van der Waals surface area contributed by atoms with Crippen molar-refractivity contribution in [2.24, 2.45) is 0 Å². The van der Waals surface area contributed by atoms with Crippen LogP contribution in [0.4, 0.5) is 5.69 Å². The maximum Gasteiger partial charge on any atom is 0.303 e. The molecule has 0 aromatic heterocycles. The lowest BCUT2D eigenvalue weighted by Crippen LogP contribution is -2.45. The number of nitrogen functional groups attached to an aromatic ring is 1. The SMILES string of the molecule is Cc1ccc(S(=O)(=O)OCCOc2ccc(N)c(C(=[NH2+])S(=O)(=O)c3cccc4ccccc34)c2)cc1. The van der Waals surface area contributed by atoms with E-state index >= 15 is 0 Å². The molecule has 8 nitrogen and oxygen atoms in total. The van der Waals surface area contributed by atoms with Crippen LogP contribution in [0.5, 0.6) is 5.75 Å². The molecule has 36 heavy (non-hydrogen) atoms. The smallest absolute Gasteiger partial charge is 0.303 e. The minimum atomic E-state index is -4.08. The topological polar surface area (TPSA) is 138 Å². The molecule has 10 heteroatoms. The van der Waals surface area contributed by atoms with Crippen LogP contribution >= 0.6 is 0 Å². The molecular weight excluding hydrogens is 500 g/mol. The Bertz CT molecular complexity index is 1640. The average Bonchev–Trinajstić information content (AvgIpc) is 2.87. The van der Waals surface area contributed by atoms with Crippen LogP contribution in [0.15, 0.2) is 94.7 Å². The normalized spacial score (nSPS) is 11.9. The third kappa shape index (κ3) is 5.25. The molecule has 0 radical (unpaired) electrons. The van der Waals surface area contributed by atoms with Gasteiger partial charge in [0, 0.05) is 11.1 Å². The second kappa shape index (κ2) is 10.1. The lowest BCUT2D eigenvalue weighted by atomic mass is 10.1. The highest BCUT2D eigenvalue weighted by Crippen LogP contribution is 2.28. The zero-order valence-electron chi connectivity index (χ0n) is 19.4. The highest BCUT2D eigenvalue weighted by Gasteiger charge is 2.31. The fraction of sp³-hybridized carbons (Fsp3) is 0.115. The number of fused-ring (bicyclic) bond motifs is 1. The summed E-state index contributed by atoms with van der Waals surface area (Å²) in [7, 11) is -8.01. The Morgan fingerprint density at radius 2 is 1.56 bits per heavy atom. The van der Waals surface area contributed by atoms with Gasteiger partial charge in [-0.2, -0.15) is 8.42 Å². The first-order chi connectivity index (χ1) is 17.1. The fourth-order valence-corrected chi connectivity index (χ4v) is 5.94. The van der Waals surface area contributed by atoms with Crippen molar-refractivity contribution in [1.82, 2.24) is 0 Å². The summed E-state index contributed by atoms with van der Waals surface area (Å²) in [5, 5.41) is 7.03. The molecule has 0 bridgehead atoms. The van der Waals surface area contributed by atoms with Crippen LogP contribution in [0, 0.1) is 6.92 Å². The first kappa shape index (κ1) is 25.4. The largest absolute Gasteiger partial charge is 0.491 e. The van der Waals surface area contributed by atoms with E-state index in [1.54, 1.807) is 30.3 Å². The highest BCUT2D eigenvalue weighted by molar-refractivity contribution is 8.06. The molecule has 4 N–H and O–H groups in total. The zero-order valence-corrected chi connectivity index (χ0v) is 21.1. The second-order valence-electron chi connectivity index (χ2n) is 8.03. The number of benzene rings is 4. The van der Waals surface area contributed by atoms with Crippen molar-refractivity contribution in [3.05, 3.63) is 96.1 Å². The van der Waals surface area contributed by atoms with Gasteiger partial charge in [-0.05, 0) is 48.7 Å². The Morgan fingerprint density at radius 1 is 0.861 bits per heavy atom. The molecule has 0 heterocycles. The van der Waals surface area contributed by atoms with Crippen LogP contribution in [0.2, 0.25) is 0 Å². The lowest BCUT2D eigenvalue weighted by molar-refractivity contribution is -0.108. The summed E-state index contributed by atoms with van der Waals surface area (Å²) in [4.78, 5) is 0.113. The highest BCUT2D eigenvalue weighted by atomic mass is 32.2. The van der Waals surface area contributed by atoms with E-state index in [0.717, 1.165) is 10.9 Å². The third-order valence-corrected chi connectivity index (χ3v) is 8.58. The number of hydrogen-bond acceptors (Lipinski definition) is 7. The van der Waals surface area contributed by atoms with E-state index < -0.39 is 25.0 Å². The summed E-state index contributed by atoms with van der Waals surface area (Å²) in [6, 6.07) is 22.7. The summed E-state index contributed by atoms with van der Waals surface area (Å²) >= 11 is 0. The van der Waals surface area contributed by atoms with Crippen LogP contribution in [-0.2, 0) is 24.1 Å². The quantitative estimate of drug-likeness (QED) is 0.118. The van der Waals surface area contributed by atoms with E-state index in [9.17, 15) is 16.8 Å². The number of aryl methyl sites for hydroxylation is 1. The summed E-state index contributed by atoms with van der Waals surface area (Å²) < 4.78 is 62.0. The first-order valence-electron chi connectivity index (χ1n) is 10.9. The van der Waals surface area contributed by atoms with E-state index in [0.29, 0.717) is 5.39 Å². The van der Waals surface area contributed by atoms with Crippen molar-refractivity contribution in [1.29, 1.82) is 0 Å². The van der Waals surface area contributed by atoms with Crippen LogP contribution in [-0.4, -0.2) is 35.1 Å². The Morgan fingerprint density at radius 3 is 2.31 bits per heavy atom. The molecule has 0 saturated heterocycles. The standard InChI is InChI=1S/C26H24N2O6S2/c1-18-9-12-21(13-10-18)36(31,32)34-16-15-33-20-11-14-24(27)23(17-20)26(28)35(29,30)25-8-4-6-19-5-2-3-7-22(19)25/h2-14,17,28H,15-16,27H2,1H3/p+1. The average molecular weight is 526 g/mol. The van der Waals surface area contributed by atoms with Gasteiger partial charge in [-0.1, -0.05) is 54.1 Å². The molecule has 4 aromatic carbocycles. The molecular formula is C26H25N2O6S2+. The van der Waals surface area contributed by atoms with E-state index in [-0.39, 0.29) is 40.0 Å². The maximum atomic E-state index is 13.4. The zero-order chi connectivity index (χ0) is 25.9. The van der Waals surface area contributed by atoms with Gasteiger partial charge in [0.15, 0.2) is 0 Å². The molecule has 186 valence electrons. The Kier molecular flexibility index (Phi) is 7.11. The molecule has 0 unspecified atom stereocenters. The number of rotatable bonds is 8. The van der Waals surface area contributed by atoms with Crippen LogP contribution in [0.1, 0.15) is 11.1 Å². The number of sulfone groups is 1. The van der Waals surface area contributed by atoms with Crippen molar-refractivity contribution in [2.75, 3.05) is 18.9 Å². The fourth-order valence-electron chi connectivity index (χ4n) is 3.61. The molecule has 0 spiro atoms. The van der Waals surface area contributed by atoms with Crippen LogP contribution < -0.4 is 15.9 Å². The summed E-state index contributed by atoms with van der Waals surface area (Å²) in [5.74, 6) is 0.256. The van der Waals surface area contributed by atoms with Gasteiger partial charge in [0.25, 0.3) is 20.0 Å². The summed E-state index contributed by atoms with van der Waals surface area (Å²) in [5.41, 5.74) is 7.21. The van der Waals surface area contributed by atoms with Gasteiger partial charge < -0.3 is 10.5 Å². The van der Waals surface area contributed by atoms with Crippen molar-refractivity contribution >= 4 is 41.5 Å². The van der Waals surface area contributed by atoms with E-state index in [1.165, 1.54) is 36.4 Å². The predicted molar refractivity (Wildman–Crippen MR) is 138 cm³/mol. The number of nitrogens with two attached hydrogens (primary N) is 2. The van der Waals surface area contributed by atoms with E-state index in [1.807, 2.05) is 25.1 Å². The molecule has 0 amide bonds. The number of ether oxygens (including phenoxy) is 1. The van der Waals surface area contributed by atoms with Crippen molar-refractivity contribution < 1.29 is 31.2 Å². The molecule has 0 atom stereocenters. The second-order valence-corrected chi connectivity index (χ2v) is 11.5. The molecule has 0 aliphatic carbocycles. The monoisotopic (exact) mass is 525 g/mol. The van der Waals surface area contributed by atoms with Gasteiger partial charge in [0.1, 0.15) is 19.0 Å². The first-order valence-corrected chi connectivity index (χ1v) is 13.8. The molecule has 4 aromatic rings. The minimum Gasteiger partial charge on any atom is -0.491 e. The Hall–Kier alpha value is -3.73. The maximum absolute atomic E-state index is 13.4. The third-order valence-electron chi connectivity index (χ3n) is 5.52. The molecule has 4 rings (SSSR count). The minimum absolute atomic E-state index is 0.0453. The van der Waals surface area contributed by atoms with Crippen molar-refractivity contribution in [2.45, 2.75) is 16.7 Å². The Balaban J connectivity index is 1.49. The molecule has 0 saturated carbocycles. The van der Waals surface area contributed by atoms with Gasteiger partial charge in [-0.25, -0.2) is 13.8 Å². The molecule has 0 fully saturated rings. The van der Waals surface area contributed by atoms with Gasteiger partial charge in [0.2, 0.25) is 0 Å². The molecule has 0 aliphatic rings. The van der Waals surface area contributed by atoms with Gasteiger partial charge in [0.05, 0.1) is 15.4 Å². The lowest BCUT2D eigenvalue weighted by Gasteiger charge is -2.11. The van der Waals surface area contributed by atoms with Gasteiger partial charge in [-0.15, -0.1) is 0 Å².